The van der Waals surface area contributed by atoms with E-state index in [9.17, 15) is 14.7 Å². The van der Waals surface area contributed by atoms with Gasteiger partial charge in [0, 0.05) is 37.0 Å². The van der Waals surface area contributed by atoms with E-state index in [2.05, 4.69) is 12.1 Å². The molecule has 0 spiro atoms. The molecular formula is C25H30N2O4. The van der Waals surface area contributed by atoms with Gasteiger partial charge in [-0.1, -0.05) is 60.7 Å². The average Bonchev–Trinajstić information content (AvgIpc) is 3.11. The second-order valence-corrected chi connectivity index (χ2v) is 9.70. The van der Waals surface area contributed by atoms with E-state index in [1.807, 2.05) is 74.2 Å². The van der Waals surface area contributed by atoms with E-state index < -0.39 is 11.7 Å². The highest BCUT2D eigenvalue weighted by Gasteiger charge is 2.72. The quantitative estimate of drug-likeness (QED) is 0.762. The van der Waals surface area contributed by atoms with Crippen molar-refractivity contribution < 1.29 is 19.4 Å². The lowest BCUT2D eigenvalue weighted by atomic mass is 9.94. The molecule has 4 rings (SSSR count). The molecule has 1 aliphatic heterocycles. The Morgan fingerprint density at radius 1 is 1.06 bits per heavy atom. The van der Waals surface area contributed by atoms with E-state index in [0.29, 0.717) is 19.6 Å². The number of carbonyl (C=O) groups is 2. The Hall–Kier alpha value is -3.02. The third-order valence-electron chi connectivity index (χ3n) is 6.31. The van der Waals surface area contributed by atoms with E-state index in [-0.39, 0.29) is 23.5 Å². The Morgan fingerprint density at radius 3 is 2.19 bits per heavy atom. The molecule has 1 saturated heterocycles. The summed E-state index contributed by atoms with van der Waals surface area (Å²) in [5.74, 6) is 0.0973. The number of carbonyl (C=O) groups excluding carboxylic acids is 1. The van der Waals surface area contributed by atoms with E-state index in [4.69, 9.17) is 4.74 Å². The summed E-state index contributed by atoms with van der Waals surface area (Å²) >= 11 is 0. The summed E-state index contributed by atoms with van der Waals surface area (Å²) in [5, 5.41) is 9.57. The van der Waals surface area contributed by atoms with Gasteiger partial charge in [-0.2, -0.15) is 0 Å². The molecule has 1 N–H and O–H groups in total. The van der Waals surface area contributed by atoms with E-state index >= 15 is 0 Å². The minimum atomic E-state index is -0.898. The van der Waals surface area contributed by atoms with Gasteiger partial charge in [0.2, 0.25) is 0 Å². The van der Waals surface area contributed by atoms with Crippen LogP contribution in [-0.4, -0.2) is 51.8 Å². The molecule has 0 aromatic heterocycles. The molecule has 2 aromatic rings. The zero-order valence-corrected chi connectivity index (χ0v) is 18.3. The number of piperidine rings is 1. The molecule has 1 saturated carbocycles. The highest BCUT2D eigenvalue weighted by Crippen LogP contribution is 2.62. The third-order valence-corrected chi connectivity index (χ3v) is 6.31. The smallest absolute Gasteiger partial charge is 0.410 e. The van der Waals surface area contributed by atoms with Crippen molar-refractivity contribution in [2.75, 3.05) is 13.1 Å². The summed E-state index contributed by atoms with van der Waals surface area (Å²) in [4.78, 5) is 28.2. The van der Waals surface area contributed by atoms with Gasteiger partial charge in [-0.05, 0) is 38.3 Å². The van der Waals surface area contributed by atoms with Crippen molar-refractivity contribution in [1.82, 2.24) is 9.80 Å². The summed E-state index contributed by atoms with van der Waals surface area (Å²) in [7, 11) is 0. The van der Waals surface area contributed by atoms with Gasteiger partial charge in [0.1, 0.15) is 5.60 Å². The number of hydrogen-bond acceptors (Lipinski definition) is 3. The van der Waals surface area contributed by atoms with Gasteiger partial charge in [0.05, 0.1) is 0 Å². The van der Waals surface area contributed by atoms with E-state index in [1.54, 1.807) is 0 Å². The number of nitrogens with zero attached hydrogens (tertiary/aromatic N) is 2. The van der Waals surface area contributed by atoms with Gasteiger partial charge in [-0.15, -0.1) is 0 Å². The Balaban J connectivity index is 1.64. The van der Waals surface area contributed by atoms with Crippen LogP contribution in [0.15, 0.2) is 60.7 Å². The lowest BCUT2D eigenvalue weighted by Crippen LogP contribution is -2.44. The zero-order valence-electron chi connectivity index (χ0n) is 18.3. The molecule has 1 aliphatic carbocycles. The fourth-order valence-corrected chi connectivity index (χ4v) is 5.02. The molecule has 1 heterocycles. The van der Waals surface area contributed by atoms with Crippen LogP contribution in [0.1, 0.15) is 31.9 Å². The molecule has 2 aromatic carbocycles. The normalized spacial score (nSPS) is 24.4. The Bertz CT molecular complexity index is 941. The van der Waals surface area contributed by atoms with Crippen molar-refractivity contribution in [3.05, 3.63) is 71.8 Å². The minimum absolute atomic E-state index is 0.0571. The second kappa shape index (κ2) is 7.91. The molecular weight excluding hydrogens is 392 g/mol. The number of benzene rings is 2. The maximum Gasteiger partial charge on any atom is 0.410 e. The van der Waals surface area contributed by atoms with Crippen LogP contribution in [0.3, 0.4) is 0 Å². The second-order valence-electron chi connectivity index (χ2n) is 9.70. The highest BCUT2D eigenvalue weighted by atomic mass is 16.6. The fourth-order valence-electron chi connectivity index (χ4n) is 5.02. The monoisotopic (exact) mass is 422 g/mol. The lowest BCUT2D eigenvalue weighted by molar-refractivity contribution is 0.0161. The predicted molar refractivity (Wildman–Crippen MR) is 118 cm³/mol. The Labute approximate surface area is 183 Å². The van der Waals surface area contributed by atoms with Crippen molar-refractivity contribution in [3.63, 3.8) is 0 Å². The first-order chi connectivity index (χ1) is 14.7. The molecule has 0 bridgehead atoms. The van der Waals surface area contributed by atoms with E-state index in [1.165, 1.54) is 4.90 Å². The van der Waals surface area contributed by atoms with Gasteiger partial charge in [-0.3, -0.25) is 4.90 Å². The van der Waals surface area contributed by atoms with Crippen LogP contribution in [0.5, 0.6) is 0 Å². The maximum atomic E-state index is 13.3. The lowest BCUT2D eigenvalue weighted by Gasteiger charge is -2.32. The summed E-state index contributed by atoms with van der Waals surface area (Å²) in [5.41, 5.74) is 1.30. The predicted octanol–water partition coefficient (Wildman–Crippen LogP) is 4.64. The van der Waals surface area contributed by atoms with Crippen molar-refractivity contribution in [1.29, 1.82) is 0 Å². The van der Waals surface area contributed by atoms with Crippen LogP contribution in [0.4, 0.5) is 9.59 Å². The van der Waals surface area contributed by atoms with Gasteiger partial charge in [0.15, 0.2) is 0 Å². The Kier molecular flexibility index (Phi) is 5.42. The number of carboxylic acid groups (broad SMARTS) is 1. The molecule has 2 aliphatic rings. The van der Waals surface area contributed by atoms with Gasteiger partial charge in [0.25, 0.3) is 0 Å². The number of ether oxygens (including phenoxy) is 1. The van der Waals surface area contributed by atoms with Crippen LogP contribution in [0.2, 0.25) is 0 Å². The third kappa shape index (κ3) is 4.38. The molecule has 6 heteroatoms. The zero-order chi connectivity index (χ0) is 22.2. The summed E-state index contributed by atoms with van der Waals surface area (Å²) < 4.78 is 5.77. The summed E-state index contributed by atoms with van der Waals surface area (Å²) in [6, 6.07) is 19.9. The van der Waals surface area contributed by atoms with Crippen molar-refractivity contribution >= 4 is 12.2 Å². The maximum absolute atomic E-state index is 13.3. The van der Waals surface area contributed by atoms with Gasteiger partial charge >= 0.3 is 12.2 Å². The van der Waals surface area contributed by atoms with Crippen LogP contribution >= 0.6 is 0 Å². The van der Waals surface area contributed by atoms with Crippen molar-refractivity contribution in [3.8, 4) is 0 Å². The SMILES string of the molecule is CC(C)(C)OC(=O)N(Cc1ccccc1)C1C2CN(C(=O)O)CC21Cc1ccccc1. The first-order valence-corrected chi connectivity index (χ1v) is 10.7. The first kappa shape index (κ1) is 21.2. The number of rotatable bonds is 5. The molecule has 3 unspecified atom stereocenters. The molecule has 0 radical (unpaired) electrons. The highest BCUT2D eigenvalue weighted by molar-refractivity contribution is 5.71. The van der Waals surface area contributed by atoms with Crippen LogP contribution in [0.25, 0.3) is 0 Å². The summed E-state index contributed by atoms with van der Waals surface area (Å²) in [6.07, 6.45) is -0.503. The summed E-state index contributed by atoms with van der Waals surface area (Å²) in [6.45, 7) is 6.92. The molecule has 6 nitrogen and oxygen atoms in total. The topological polar surface area (TPSA) is 70.1 Å². The number of likely N-dealkylation sites (tertiary alicyclic amines) is 1. The molecule has 3 atom stereocenters. The number of fused-ring (bicyclic) bond motifs is 1. The van der Waals surface area contributed by atoms with Crippen LogP contribution in [0, 0.1) is 11.3 Å². The minimum Gasteiger partial charge on any atom is -0.465 e. The van der Waals surface area contributed by atoms with Crippen molar-refractivity contribution in [2.24, 2.45) is 11.3 Å². The largest absolute Gasteiger partial charge is 0.465 e. The average molecular weight is 423 g/mol. The fraction of sp³-hybridized carbons (Fsp3) is 0.440. The number of amides is 2. The molecule has 2 amide bonds. The van der Waals surface area contributed by atoms with Gasteiger partial charge < -0.3 is 14.7 Å². The molecule has 31 heavy (non-hydrogen) atoms. The van der Waals surface area contributed by atoms with Crippen molar-refractivity contribution in [2.45, 2.75) is 45.4 Å². The van der Waals surface area contributed by atoms with Crippen LogP contribution in [-0.2, 0) is 17.7 Å². The number of hydrogen-bond donors (Lipinski definition) is 1. The molecule has 2 fully saturated rings. The van der Waals surface area contributed by atoms with E-state index in [0.717, 1.165) is 17.5 Å². The Morgan fingerprint density at radius 2 is 1.65 bits per heavy atom. The van der Waals surface area contributed by atoms with Gasteiger partial charge in [-0.25, -0.2) is 9.59 Å². The van der Waals surface area contributed by atoms with Crippen LogP contribution < -0.4 is 0 Å². The standard InChI is InChI=1S/C25H30N2O4/c1-24(2,3)31-23(30)27(15-19-12-8-5-9-13-19)21-20-16-26(22(28)29)17-25(20,21)14-18-10-6-4-7-11-18/h4-13,20-21H,14-17H2,1-3H3,(H,28,29). The molecule has 164 valence electrons. The first-order valence-electron chi connectivity index (χ1n) is 10.7.